The van der Waals surface area contributed by atoms with E-state index in [-0.39, 0.29) is 36.4 Å². The summed E-state index contributed by atoms with van der Waals surface area (Å²) in [6.07, 6.45) is 0.832. The summed E-state index contributed by atoms with van der Waals surface area (Å²) in [7, 11) is 0. The molecule has 0 spiro atoms. The third kappa shape index (κ3) is 4.97. The van der Waals surface area contributed by atoms with E-state index in [4.69, 9.17) is 10.5 Å². The lowest BCUT2D eigenvalue weighted by molar-refractivity contribution is 0.0999. The SMILES string of the molecule is Cc1cc([C@@H]2C[C@H](CN[C@H](C)c3cccc4ccccc34)Oc3ccccc32)cc(C(N)=O)c1C.Cl. The smallest absolute Gasteiger partial charge is 0.248 e. The van der Waals surface area contributed by atoms with Crippen LogP contribution < -0.4 is 15.8 Å². The van der Waals surface area contributed by atoms with Crippen LogP contribution in [0.2, 0.25) is 0 Å². The number of nitrogens with two attached hydrogens (primary N) is 1. The highest BCUT2D eigenvalue weighted by Gasteiger charge is 2.30. The third-order valence-electron chi connectivity index (χ3n) is 7.39. The number of aryl methyl sites for hydroxylation is 1. The fraction of sp³-hybridized carbons (Fsp3) is 0.258. The number of hydrogen-bond donors (Lipinski definition) is 2. The number of rotatable bonds is 6. The number of halogens is 1. The first-order valence-electron chi connectivity index (χ1n) is 12.3. The molecule has 0 radical (unpaired) electrons. The Hall–Kier alpha value is -3.34. The van der Waals surface area contributed by atoms with Crippen LogP contribution in [0.3, 0.4) is 0 Å². The van der Waals surface area contributed by atoms with E-state index in [1.807, 2.05) is 38.1 Å². The van der Waals surface area contributed by atoms with E-state index in [9.17, 15) is 4.79 Å². The van der Waals surface area contributed by atoms with Crippen molar-refractivity contribution in [1.29, 1.82) is 0 Å². The van der Waals surface area contributed by atoms with Gasteiger partial charge in [0.1, 0.15) is 11.9 Å². The molecule has 4 aromatic rings. The lowest BCUT2D eigenvalue weighted by atomic mass is 9.82. The van der Waals surface area contributed by atoms with Crippen molar-refractivity contribution in [2.24, 2.45) is 5.73 Å². The van der Waals surface area contributed by atoms with Gasteiger partial charge in [-0.05, 0) is 72.4 Å². The third-order valence-corrected chi connectivity index (χ3v) is 7.39. The minimum absolute atomic E-state index is 0. The maximum absolute atomic E-state index is 12.1. The van der Waals surface area contributed by atoms with Crippen LogP contribution in [-0.2, 0) is 0 Å². The van der Waals surface area contributed by atoms with Crippen LogP contribution in [0.15, 0.2) is 78.9 Å². The Morgan fingerprint density at radius 2 is 1.75 bits per heavy atom. The van der Waals surface area contributed by atoms with E-state index < -0.39 is 0 Å². The predicted octanol–water partition coefficient (Wildman–Crippen LogP) is 6.61. The van der Waals surface area contributed by atoms with Crippen molar-refractivity contribution in [3.8, 4) is 5.75 Å². The average Bonchev–Trinajstić information content (AvgIpc) is 2.87. The summed E-state index contributed by atoms with van der Waals surface area (Å²) in [5.74, 6) is 0.666. The number of carbonyl (C=O) groups is 1. The van der Waals surface area contributed by atoms with Gasteiger partial charge in [0, 0.05) is 29.6 Å². The lowest BCUT2D eigenvalue weighted by Gasteiger charge is -2.34. The molecular formula is C31H33ClN2O2. The zero-order valence-corrected chi connectivity index (χ0v) is 21.8. The Balaban J connectivity index is 0.00000304. The monoisotopic (exact) mass is 500 g/mol. The van der Waals surface area contributed by atoms with Crippen LogP contribution in [0.4, 0.5) is 0 Å². The van der Waals surface area contributed by atoms with Gasteiger partial charge < -0.3 is 15.8 Å². The molecule has 1 heterocycles. The molecule has 0 saturated heterocycles. The van der Waals surface area contributed by atoms with Crippen molar-refractivity contribution in [2.75, 3.05) is 6.54 Å². The van der Waals surface area contributed by atoms with Crippen LogP contribution in [0.5, 0.6) is 5.75 Å². The standard InChI is InChI=1S/C31H32N2O2.ClH/c1-19-15-23(16-28(20(19)2)31(32)34)29-17-24(35-30-14-7-6-12-27(29)30)18-33-21(3)25-13-8-10-22-9-4-5-11-26(22)25;/h4-16,21,24,29,33H,17-18H2,1-3H3,(H2,32,34);1H/t21-,24-,29+;/m1./s1. The number of fused-ring (bicyclic) bond motifs is 2. The van der Waals surface area contributed by atoms with E-state index in [0.717, 1.165) is 41.0 Å². The largest absolute Gasteiger partial charge is 0.489 e. The Morgan fingerprint density at radius 3 is 2.56 bits per heavy atom. The molecule has 1 amide bonds. The van der Waals surface area contributed by atoms with E-state index >= 15 is 0 Å². The van der Waals surface area contributed by atoms with Gasteiger partial charge in [-0.25, -0.2) is 0 Å². The fourth-order valence-electron chi connectivity index (χ4n) is 5.32. The first-order chi connectivity index (χ1) is 16.9. The highest BCUT2D eigenvalue weighted by molar-refractivity contribution is 5.95. The summed E-state index contributed by atoms with van der Waals surface area (Å²) in [6, 6.07) is 27.6. The fourth-order valence-corrected chi connectivity index (χ4v) is 5.32. The molecule has 0 saturated carbocycles. The molecule has 0 bridgehead atoms. The predicted molar refractivity (Wildman–Crippen MR) is 149 cm³/mol. The van der Waals surface area contributed by atoms with E-state index in [1.54, 1.807) is 0 Å². The highest BCUT2D eigenvalue weighted by atomic mass is 35.5. The van der Waals surface area contributed by atoms with Gasteiger partial charge in [-0.2, -0.15) is 0 Å². The molecule has 5 heteroatoms. The van der Waals surface area contributed by atoms with Gasteiger partial charge >= 0.3 is 0 Å². The number of para-hydroxylation sites is 1. The minimum atomic E-state index is -0.380. The van der Waals surface area contributed by atoms with Crippen molar-refractivity contribution in [2.45, 2.75) is 45.3 Å². The topological polar surface area (TPSA) is 64.3 Å². The average molecular weight is 501 g/mol. The van der Waals surface area contributed by atoms with Gasteiger partial charge in [0.15, 0.2) is 0 Å². The number of nitrogens with one attached hydrogen (secondary N) is 1. The molecule has 0 aromatic heterocycles. The molecule has 3 atom stereocenters. The van der Waals surface area contributed by atoms with Gasteiger partial charge in [0.05, 0.1) is 0 Å². The Bertz CT molecular complexity index is 1400. The molecule has 1 aliphatic rings. The molecule has 36 heavy (non-hydrogen) atoms. The van der Waals surface area contributed by atoms with Crippen molar-refractivity contribution in [3.05, 3.63) is 112 Å². The van der Waals surface area contributed by atoms with E-state index in [0.29, 0.717) is 5.56 Å². The van der Waals surface area contributed by atoms with Crippen LogP contribution >= 0.6 is 12.4 Å². The number of amides is 1. The normalized spacial score (nSPS) is 17.5. The quantitative estimate of drug-likeness (QED) is 0.313. The van der Waals surface area contributed by atoms with E-state index in [2.05, 4.69) is 66.8 Å². The van der Waals surface area contributed by atoms with Crippen molar-refractivity contribution in [3.63, 3.8) is 0 Å². The summed E-state index contributed by atoms with van der Waals surface area (Å²) >= 11 is 0. The number of primary amides is 1. The molecule has 4 aromatic carbocycles. The summed E-state index contributed by atoms with van der Waals surface area (Å²) in [5, 5.41) is 6.24. The minimum Gasteiger partial charge on any atom is -0.489 e. The number of benzene rings is 4. The summed E-state index contributed by atoms with van der Waals surface area (Å²) in [4.78, 5) is 12.1. The Morgan fingerprint density at radius 1 is 1.03 bits per heavy atom. The van der Waals surface area contributed by atoms with Gasteiger partial charge in [-0.3, -0.25) is 4.79 Å². The molecular weight excluding hydrogens is 468 g/mol. The molecule has 1 aliphatic heterocycles. The second-order valence-corrected chi connectivity index (χ2v) is 9.64. The van der Waals surface area contributed by atoms with Crippen molar-refractivity contribution < 1.29 is 9.53 Å². The maximum Gasteiger partial charge on any atom is 0.248 e. The second-order valence-electron chi connectivity index (χ2n) is 9.64. The van der Waals surface area contributed by atoms with Gasteiger partial charge in [-0.15, -0.1) is 12.4 Å². The van der Waals surface area contributed by atoms with Crippen molar-refractivity contribution in [1.82, 2.24) is 5.32 Å². The lowest BCUT2D eigenvalue weighted by Crippen LogP contribution is -2.37. The molecule has 5 rings (SSSR count). The van der Waals surface area contributed by atoms with Crippen LogP contribution in [0, 0.1) is 13.8 Å². The first-order valence-corrected chi connectivity index (χ1v) is 12.3. The van der Waals surface area contributed by atoms with Crippen molar-refractivity contribution >= 4 is 29.1 Å². The summed E-state index contributed by atoms with van der Waals surface area (Å²) in [5.41, 5.74) is 11.9. The second kappa shape index (κ2) is 10.7. The zero-order valence-electron chi connectivity index (χ0n) is 21.0. The van der Waals surface area contributed by atoms with Crippen LogP contribution in [-0.4, -0.2) is 18.6 Å². The van der Waals surface area contributed by atoms with Crippen LogP contribution in [0.25, 0.3) is 10.8 Å². The van der Waals surface area contributed by atoms with Gasteiger partial charge in [-0.1, -0.05) is 66.7 Å². The summed E-state index contributed by atoms with van der Waals surface area (Å²) < 4.78 is 6.43. The zero-order chi connectivity index (χ0) is 24.5. The molecule has 3 N–H and O–H groups in total. The Kier molecular flexibility index (Phi) is 7.67. The Labute approximate surface area is 219 Å². The first kappa shape index (κ1) is 25.7. The highest BCUT2D eigenvalue weighted by Crippen LogP contribution is 2.41. The van der Waals surface area contributed by atoms with Crippen LogP contribution in [0.1, 0.15) is 63.5 Å². The molecule has 186 valence electrons. The molecule has 0 unspecified atom stereocenters. The molecule has 4 nitrogen and oxygen atoms in total. The number of hydrogen-bond acceptors (Lipinski definition) is 3. The van der Waals surface area contributed by atoms with Gasteiger partial charge in [0.2, 0.25) is 5.91 Å². The van der Waals surface area contributed by atoms with Gasteiger partial charge in [0.25, 0.3) is 0 Å². The summed E-state index contributed by atoms with van der Waals surface area (Å²) in [6.45, 7) is 6.93. The molecule has 0 aliphatic carbocycles. The van der Waals surface area contributed by atoms with E-state index in [1.165, 1.54) is 16.3 Å². The number of ether oxygens (including phenoxy) is 1. The number of carbonyl (C=O) groups excluding carboxylic acids is 1. The molecule has 0 fully saturated rings. The maximum atomic E-state index is 12.1.